The summed E-state index contributed by atoms with van der Waals surface area (Å²) in [4.78, 5) is 10.2. The number of aliphatic carboxylic acids is 1. The van der Waals surface area contributed by atoms with E-state index >= 15 is 0 Å². The van der Waals surface area contributed by atoms with Gasteiger partial charge in [0.1, 0.15) is 0 Å². The van der Waals surface area contributed by atoms with Gasteiger partial charge in [-0.2, -0.15) is 0 Å². The van der Waals surface area contributed by atoms with Gasteiger partial charge >= 0.3 is 5.97 Å². The van der Waals surface area contributed by atoms with Gasteiger partial charge in [0.15, 0.2) is 0 Å². The molecule has 116 valence electrons. The number of allylic oxidation sites excluding steroid dienone is 8. The molecule has 2 nitrogen and oxygen atoms in total. The number of carbonyl (C=O) groups is 1. The van der Waals surface area contributed by atoms with Crippen LogP contribution in [0.4, 0.5) is 0 Å². The van der Waals surface area contributed by atoms with E-state index in [1.54, 1.807) is 12.2 Å². The summed E-state index contributed by atoms with van der Waals surface area (Å²) in [6, 6.07) is 0. The highest BCUT2D eigenvalue weighted by molar-refractivity contribution is 5.79. The Hall–Kier alpha value is -1.83. The summed E-state index contributed by atoms with van der Waals surface area (Å²) in [7, 11) is 0. The van der Waals surface area contributed by atoms with E-state index in [1.807, 2.05) is 6.08 Å². The van der Waals surface area contributed by atoms with E-state index in [-0.39, 0.29) is 0 Å². The van der Waals surface area contributed by atoms with Gasteiger partial charge in [-0.25, -0.2) is 4.79 Å². The minimum atomic E-state index is -0.857. The SMILES string of the molecule is C=CC=CCCC=CC=CCCCCCCC=CC(=O)O. The zero-order valence-corrected chi connectivity index (χ0v) is 12.9. The van der Waals surface area contributed by atoms with E-state index in [9.17, 15) is 4.79 Å². The molecule has 1 N–H and O–H groups in total. The van der Waals surface area contributed by atoms with Crippen LogP contribution in [0.5, 0.6) is 0 Å². The Morgan fingerprint density at radius 1 is 0.762 bits per heavy atom. The Labute approximate surface area is 129 Å². The first-order valence-corrected chi connectivity index (χ1v) is 7.76. The third-order valence-electron chi connectivity index (χ3n) is 2.91. The lowest BCUT2D eigenvalue weighted by Gasteiger charge is -1.96. The second-order valence-corrected chi connectivity index (χ2v) is 4.83. The van der Waals surface area contributed by atoms with Crippen molar-refractivity contribution in [3.8, 4) is 0 Å². The third-order valence-corrected chi connectivity index (χ3v) is 2.91. The third kappa shape index (κ3) is 18.2. The molecule has 21 heavy (non-hydrogen) atoms. The van der Waals surface area contributed by atoms with Crippen LogP contribution in [-0.4, -0.2) is 11.1 Å². The number of carboxylic acids is 1. The molecular weight excluding hydrogens is 260 g/mol. The monoisotopic (exact) mass is 288 g/mol. The molecule has 0 radical (unpaired) electrons. The topological polar surface area (TPSA) is 37.3 Å². The summed E-state index contributed by atoms with van der Waals surface area (Å²) in [6.07, 6.45) is 26.2. The first kappa shape index (κ1) is 19.2. The van der Waals surface area contributed by atoms with Gasteiger partial charge in [-0.1, -0.05) is 68.0 Å². The molecule has 0 saturated heterocycles. The van der Waals surface area contributed by atoms with Crippen molar-refractivity contribution in [2.45, 2.75) is 51.4 Å². The van der Waals surface area contributed by atoms with Crippen molar-refractivity contribution >= 4 is 5.97 Å². The van der Waals surface area contributed by atoms with Crippen LogP contribution in [0.1, 0.15) is 51.4 Å². The predicted molar refractivity (Wildman–Crippen MR) is 91.3 cm³/mol. The maximum absolute atomic E-state index is 10.2. The molecule has 0 amide bonds. The van der Waals surface area contributed by atoms with Crippen LogP contribution < -0.4 is 0 Å². The predicted octanol–water partition coefficient (Wildman–Crippen LogP) is 5.60. The molecule has 0 rings (SSSR count). The molecule has 0 unspecified atom stereocenters. The van der Waals surface area contributed by atoms with E-state index < -0.39 is 5.97 Å². The molecule has 0 aliphatic rings. The Morgan fingerprint density at radius 3 is 1.86 bits per heavy atom. The first-order chi connectivity index (χ1) is 10.3. The Morgan fingerprint density at radius 2 is 1.29 bits per heavy atom. The Bertz CT molecular complexity index is 373. The average Bonchev–Trinajstić information content (AvgIpc) is 2.46. The van der Waals surface area contributed by atoms with Gasteiger partial charge in [-0.15, -0.1) is 0 Å². The summed E-state index contributed by atoms with van der Waals surface area (Å²) >= 11 is 0. The van der Waals surface area contributed by atoms with Crippen molar-refractivity contribution in [3.63, 3.8) is 0 Å². The molecule has 0 aliphatic carbocycles. The lowest BCUT2D eigenvalue weighted by Crippen LogP contribution is -1.85. The summed E-state index contributed by atoms with van der Waals surface area (Å²) in [5, 5.41) is 8.42. The van der Waals surface area contributed by atoms with Gasteiger partial charge in [0, 0.05) is 6.08 Å². The van der Waals surface area contributed by atoms with Gasteiger partial charge in [0.25, 0.3) is 0 Å². The van der Waals surface area contributed by atoms with Gasteiger partial charge in [-0.05, 0) is 38.5 Å². The van der Waals surface area contributed by atoms with E-state index in [4.69, 9.17) is 5.11 Å². The van der Waals surface area contributed by atoms with Crippen molar-refractivity contribution in [1.29, 1.82) is 0 Å². The first-order valence-electron chi connectivity index (χ1n) is 7.76. The normalized spacial score (nSPS) is 12.2. The number of hydrogen-bond donors (Lipinski definition) is 1. The summed E-state index contributed by atoms with van der Waals surface area (Å²) in [5.74, 6) is -0.857. The summed E-state index contributed by atoms with van der Waals surface area (Å²) in [6.45, 7) is 3.63. The highest BCUT2D eigenvalue weighted by Crippen LogP contribution is 2.06. The fourth-order valence-corrected chi connectivity index (χ4v) is 1.80. The van der Waals surface area contributed by atoms with Crippen molar-refractivity contribution < 1.29 is 9.90 Å². The smallest absolute Gasteiger partial charge is 0.327 e. The van der Waals surface area contributed by atoms with Gasteiger partial charge in [0.2, 0.25) is 0 Å². The molecule has 0 aromatic carbocycles. The molecular formula is C19H28O2. The molecule has 0 spiro atoms. The van der Waals surface area contributed by atoms with Crippen molar-refractivity contribution in [2.75, 3.05) is 0 Å². The molecule has 0 fully saturated rings. The van der Waals surface area contributed by atoms with Gasteiger partial charge in [-0.3, -0.25) is 0 Å². The molecule has 0 atom stereocenters. The fraction of sp³-hybridized carbons (Fsp3) is 0.421. The number of unbranched alkanes of at least 4 members (excludes halogenated alkanes) is 6. The molecule has 0 heterocycles. The van der Waals surface area contributed by atoms with E-state index in [0.29, 0.717) is 0 Å². The zero-order valence-electron chi connectivity index (χ0n) is 12.9. The largest absolute Gasteiger partial charge is 0.478 e. The maximum atomic E-state index is 10.2. The molecule has 0 saturated carbocycles. The minimum Gasteiger partial charge on any atom is -0.478 e. The zero-order chi connectivity index (χ0) is 15.6. The number of carboxylic acid groups (broad SMARTS) is 1. The molecule has 0 aliphatic heterocycles. The lowest BCUT2D eigenvalue weighted by molar-refractivity contribution is -0.131. The lowest BCUT2D eigenvalue weighted by atomic mass is 10.1. The highest BCUT2D eigenvalue weighted by Gasteiger charge is 1.88. The van der Waals surface area contributed by atoms with Crippen LogP contribution in [0.3, 0.4) is 0 Å². The van der Waals surface area contributed by atoms with E-state index in [2.05, 4.69) is 37.0 Å². The second kappa shape index (κ2) is 16.2. The van der Waals surface area contributed by atoms with Crippen molar-refractivity contribution in [1.82, 2.24) is 0 Å². The number of rotatable bonds is 13. The molecule has 2 heteroatoms. The Kier molecular flexibility index (Phi) is 14.8. The van der Waals surface area contributed by atoms with E-state index in [0.717, 1.165) is 32.1 Å². The quantitative estimate of drug-likeness (QED) is 0.272. The molecule has 0 aromatic rings. The minimum absolute atomic E-state index is 0.857. The van der Waals surface area contributed by atoms with Crippen molar-refractivity contribution in [3.05, 3.63) is 61.3 Å². The van der Waals surface area contributed by atoms with Crippen molar-refractivity contribution in [2.24, 2.45) is 0 Å². The summed E-state index contributed by atoms with van der Waals surface area (Å²) < 4.78 is 0. The second-order valence-electron chi connectivity index (χ2n) is 4.83. The van der Waals surface area contributed by atoms with Crippen LogP contribution in [0, 0.1) is 0 Å². The standard InChI is InChI=1S/C19H28O2/c1-2-3-4-5-6-7-8-9-10-11-12-13-14-15-16-17-18-19(20)21/h2-4,7-10,17-18H,1,5-6,11-16H2,(H,20,21). The van der Waals surface area contributed by atoms with Crippen LogP contribution in [0.25, 0.3) is 0 Å². The van der Waals surface area contributed by atoms with Crippen LogP contribution in [0.15, 0.2) is 61.3 Å². The van der Waals surface area contributed by atoms with Crippen LogP contribution in [-0.2, 0) is 4.79 Å². The average molecular weight is 288 g/mol. The Balaban J connectivity index is 3.32. The van der Waals surface area contributed by atoms with E-state index in [1.165, 1.54) is 25.3 Å². The highest BCUT2D eigenvalue weighted by atomic mass is 16.4. The molecule has 0 bridgehead atoms. The fourth-order valence-electron chi connectivity index (χ4n) is 1.80. The molecule has 0 aromatic heterocycles. The van der Waals surface area contributed by atoms with Crippen LogP contribution in [0.2, 0.25) is 0 Å². The maximum Gasteiger partial charge on any atom is 0.327 e. The van der Waals surface area contributed by atoms with Crippen LogP contribution >= 0.6 is 0 Å². The summed E-state index contributed by atoms with van der Waals surface area (Å²) in [5.41, 5.74) is 0. The van der Waals surface area contributed by atoms with Gasteiger partial charge in [0.05, 0.1) is 0 Å². The van der Waals surface area contributed by atoms with Gasteiger partial charge < -0.3 is 5.11 Å². The number of hydrogen-bond acceptors (Lipinski definition) is 1.